The van der Waals surface area contributed by atoms with Gasteiger partial charge in [-0.15, -0.1) is 0 Å². The molecule has 14 nitrogen and oxygen atoms in total. The molecule has 2 aromatic rings. The van der Waals surface area contributed by atoms with E-state index in [9.17, 15) is 33.7 Å². The van der Waals surface area contributed by atoms with Crippen molar-refractivity contribution in [3.05, 3.63) is 65.2 Å². The second-order valence-electron chi connectivity index (χ2n) is 15.2. The van der Waals surface area contributed by atoms with E-state index in [1.165, 1.54) is 6.92 Å². The molecular weight excluding hydrogens is 797 g/mol. The summed E-state index contributed by atoms with van der Waals surface area (Å²) in [5, 5.41) is 50.6. The van der Waals surface area contributed by atoms with Crippen LogP contribution in [0.2, 0.25) is 0 Å². The van der Waals surface area contributed by atoms with E-state index in [1.807, 2.05) is 77.9 Å². The van der Waals surface area contributed by atoms with Gasteiger partial charge in [0, 0.05) is 30.8 Å². The molecule has 2 aliphatic heterocycles. The summed E-state index contributed by atoms with van der Waals surface area (Å²) in [6, 6.07) is 9.88. The number of aliphatic hydroxyl groups is 3. The minimum atomic E-state index is -1.72. The molecule has 0 saturated carbocycles. The number of methoxy groups -OCH3 is 2. The number of carbonyl (C=O) groups excluding carboxylic acids is 1. The maximum atomic E-state index is 12.9. The highest BCUT2D eigenvalue weighted by atomic mass is 19.1. The highest BCUT2D eigenvalue weighted by molar-refractivity contribution is 5.88. The molecule has 4 rings (SSSR count). The van der Waals surface area contributed by atoms with E-state index in [4.69, 9.17) is 28.8 Å². The van der Waals surface area contributed by atoms with Gasteiger partial charge in [-0.05, 0) is 108 Å². The largest absolute Gasteiger partial charge is 0.497 e. The molecule has 9 unspecified atom stereocenters. The van der Waals surface area contributed by atoms with E-state index in [2.05, 4.69) is 10.2 Å². The van der Waals surface area contributed by atoms with Crippen LogP contribution in [0.1, 0.15) is 98.6 Å². The average molecular weight is 868 g/mol. The van der Waals surface area contributed by atoms with Crippen molar-refractivity contribution in [2.75, 3.05) is 34.9 Å². The maximum Gasteiger partial charge on any atom is 0.308 e. The zero-order chi connectivity index (χ0) is 46.4. The lowest BCUT2D eigenvalue weighted by molar-refractivity contribution is -0.279. The third-order valence-corrected chi connectivity index (χ3v) is 10.2. The first-order valence-corrected chi connectivity index (χ1v) is 21.0. The fraction of sp³-hybridized carbons (Fsp3) is 0.644. The first-order chi connectivity index (χ1) is 28.8. The molecule has 2 fully saturated rings. The Morgan fingerprint density at radius 2 is 1.57 bits per heavy atom. The zero-order valence-electron chi connectivity index (χ0n) is 38.0. The van der Waals surface area contributed by atoms with Crippen molar-refractivity contribution >= 4 is 23.9 Å². The molecule has 61 heavy (non-hydrogen) atoms. The molecule has 2 heterocycles. The minimum Gasteiger partial charge on any atom is -0.497 e. The molecule has 4 N–H and O–H groups in total. The highest BCUT2D eigenvalue weighted by Gasteiger charge is 2.42. The van der Waals surface area contributed by atoms with Gasteiger partial charge >= 0.3 is 11.9 Å². The molecule has 10 atom stereocenters. The summed E-state index contributed by atoms with van der Waals surface area (Å²) in [4.78, 5) is 25.0. The van der Waals surface area contributed by atoms with Crippen LogP contribution in [0.15, 0.2) is 52.7 Å². The van der Waals surface area contributed by atoms with E-state index in [0.717, 1.165) is 23.4 Å². The molecule has 0 amide bonds. The smallest absolute Gasteiger partial charge is 0.308 e. The standard InChI is InChI=1S/C33H53N3O9.C8H6F2O2.2C2H6/c1-20-9-15-28(45-32-29(37)26(36(5)6)17-21(2)44-32)27(42-8)16-14-25(22(3)30(38)33(4,40)19-43-31(20)39)35-34-18-23-10-12-24(41-7)13-11-23;9-6-1-5(3-8(11)12)2-7(10)4-6;2*1-2/h10-13,18,20-22,26-30,32,37-38,40H,9,14-17,19H2,1-8H3;1-2,4H,3H2,(H,11,12);2*1-2H3/b34-18+,35-25+;;;/t20?,21?,22?,26?,27?,28-,29?,30?,32?,33?;;;/m1.../s1. The van der Waals surface area contributed by atoms with Gasteiger partial charge in [0.05, 0.1) is 50.1 Å². The van der Waals surface area contributed by atoms with Crippen molar-refractivity contribution in [2.24, 2.45) is 22.0 Å². The minimum absolute atomic E-state index is 0.125. The fourth-order valence-electron chi connectivity index (χ4n) is 6.73. The van der Waals surface area contributed by atoms with Crippen molar-refractivity contribution in [3.63, 3.8) is 0 Å². The number of hydrogen-bond acceptors (Lipinski definition) is 13. The second-order valence-corrected chi connectivity index (χ2v) is 15.2. The van der Waals surface area contributed by atoms with Gasteiger partial charge in [0.1, 0.15) is 35.7 Å². The van der Waals surface area contributed by atoms with Crippen LogP contribution in [0, 0.1) is 23.5 Å². The summed E-state index contributed by atoms with van der Waals surface area (Å²) in [6.07, 6.45) is -0.666. The predicted octanol–water partition coefficient (Wildman–Crippen LogP) is 6.44. The molecule has 0 aromatic heterocycles. The van der Waals surface area contributed by atoms with Gasteiger partial charge in [-0.2, -0.15) is 10.2 Å². The van der Waals surface area contributed by atoms with Crippen LogP contribution in [0.5, 0.6) is 5.75 Å². The van der Waals surface area contributed by atoms with Gasteiger partial charge < -0.3 is 49.0 Å². The first kappa shape index (κ1) is 55.1. The highest BCUT2D eigenvalue weighted by Crippen LogP contribution is 2.30. The molecule has 0 radical (unpaired) electrons. The number of cyclic esters (lactones) is 1. The Bertz CT molecular complexity index is 1620. The molecule has 0 spiro atoms. The maximum absolute atomic E-state index is 12.9. The summed E-state index contributed by atoms with van der Waals surface area (Å²) in [5.74, 6) is -3.55. The second kappa shape index (κ2) is 27.9. The molecule has 0 aliphatic carbocycles. The molecular formula is C45H71F2N3O11. The van der Waals surface area contributed by atoms with Gasteiger partial charge in [0.15, 0.2) is 6.29 Å². The van der Waals surface area contributed by atoms with E-state index in [-0.39, 0.29) is 30.7 Å². The number of rotatable bonds is 9. The first-order valence-electron chi connectivity index (χ1n) is 21.0. The summed E-state index contributed by atoms with van der Waals surface area (Å²) in [7, 11) is 7.02. The number of carboxylic acids is 1. The van der Waals surface area contributed by atoms with Crippen LogP contribution in [0.25, 0.3) is 0 Å². The van der Waals surface area contributed by atoms with Crippen LogP contribution in [0.3, 0.4) is 0 Å². The Morgan fingerprint density at radius 1 is 0.967 bits per heavy atom. The van der Waals surface area contributed by atoms with E-state index < -0.39 is 71.7 Å². The Kier molecular flexibility index (Phi) is 25.2. The van der Waals surface area contributed by atoms with Crippen molar-refractivity contribution < 1.29 is 62.5 Å². The fourth-order valence-corrected chi connectivity index (χ4v) is 6.73. The lowest BCUT2D eigenvalue weighted by Crippen LogP contribution is -2.55. The number of nitrogens with zero attached hydrogens (tertiary/aromatic N) is 3. The van der Waals surface area contributed by atoms with Gasteiger partial charge in [-0.25, -0.2) is 8.78 Å². The lowest BCUT2D eigenvalue weighted by atomic mass is 9.84. The number of halogens is 2. The van der Waals surface area contributed by atoms with E-state index in [0.29, 0.717) is 43.9 Å². The number of carbonyl (C=O) groups is 2. The number of aliphatic carboxylic acids is 1. The quantitative estimate of drug-likeness (QED) is 0.123. The van der Waals surface area contributed by atoms with Crippen LogP contribution < -0.4 is 4.74 Å². The van der Waals surface area contributed by atoms with Gasteiger partial charge in [-0.3, -0.25) is 9.59 Å². The summed E-state index contributed by atoms with van der Waals surface area (Å²) >= 11 is 0. The molecule has 346 valence electrons. The van der Waals surface area contributed by atoms with Crippen LogP contribution in [0.4, 0.5) is 8.78 Å². The summed E-state index contributed by atoms with van der Waals surface area (Å²) in [6.45, 7) is 14.5. The Hall–Kier alpha value is -3.90. The topological polar surface area (TPSA) is 189 Å². The van der Waals surface area contributed by atoms with E-state index in [1.54, 1.807) is 34.3 Å². The molecule has 2 aromatic carbocycles. The average Bonchev–Trinajstić information content (AvgIpc) is 3.22. The Balaban J connectivity index is 0.000000981. The number of benzene rings is 2. The SMILES string of the molecule is CC.CC.COc1ccc(/C=N/N=C2\CCC(OC)[C@H](OC3OC(C)CC(N(C)C)C3O)CCC(C)C(=O)OCC(C)(O)C(O)C2C)cc1.O=C(O)Cc1cc(F)cc(F)c1. The number of likely N-dealkylation sites (N-methyl/N-ethyl adjacent to an activating group) is 1. The molecule has 2 saturated heterocycles. The van der Waals surface area contributed by atoms with Crippen LogP contribution >= 0.6 is 0 Å². The van der Waals surface area contributed by atoms with Crippen LogP contribution in [-0.2, 0) is 35.0 Å². The van der Waals surface area contributed by atoms with Crippen molar-refractivity contribution in [3.8, 4) is 5.75 Å². The number of carboxylic acid groups (broad SMARTS) is 1. The Morgan fingerprint density at radius 3 is 2.11 bits per heavy atom. The predicted molar refractivity (Wildman–Crippen MR) is 231 cm³/mol. The van der Waals surface area contributed by atoms with Crippen molar-refractivity contribution in [2.45, 2.75) is 142 Å². The lowest BCUT2D eigenvalue weighted by Gasteiger charge is -2.43. The summed E-state index contributed by atoms with van der Waals surface area (Å²) < 4.78 is 54.0. The number of esters is 1. The monoisotopic (exact) mass is 868 g/mol. The van der Waals surface area contributed by atoms with Crippen molar-refractivity contribution in [1.82, 2.24) is 4.90 Å². The number of ether oxygens (including phenoxy) is 5. The zero-order valence-corrected chi connectivity index (χ0v) is 38.0. The Labute approximate surface area is 360 Å². The van der Waals surface area contributed by atoms with E-state index >= 15 is 0 Å². The summed E-state index contributed by atoms with van der Waals surface area (Å²) in [5.41, 5.74) is -0.262. The van der Waals surface area contributed by atoms with Gasteiger partial charge in [0.25, 0.3) is 0 Å². The number of hydrogen-bond donors (Lipinski definition) is 4. The van der Waals surface area contributed by atoms with Crippen molar-refractivity contribution in [1.29, 1.82) is 0 Å². The third-order valence-electron chi connectivity index (χ3n) is 10.2. The van der Waals surface area contributed by atoms with Crippen LogP contribution in [-0.4, -0.2) is 133 Å². The number of aliphatic hydroxyl groups excluding tert-OH is 2. The van der Waals surface area contributed by atoms with Gasteiger partial charge in [0.2, 0.25) is 0 Å². The normalized spacial score (nSPS) is 29.4. The third kappa shape index (κ3) is 18.5. The van der Waals surface area contributed by atoms with Gasteiger partial charge in [-0.1, -0.05) is 41.5 Å². The molecule has 16 heteroatoms. The molecule has 2 aliphatic rings. The molecule has 0 bridgehead atoms.